The number of aromatic nitrogens is 2. The lowest BCUT2D eigenvalue weighted by Gasteiger charge is -2.33. The van der Waals surface area contributed by atoms with E-state index in [1.807, 2.05) is 0 Å². The van der Waals surface area contributed by atoms with Gasteiger partial charge in [-0.25, -0.2) is 24.5 Å². The first-order valence-corrected chi connectivity index (χ1v) is 12.8. The Morgan fingerprint density at radius 3 is 2.36 bits per heavy atom. The largest absolute Gasteiger partial charge is 0.462 e. The Bertz CT molecular complexity index is 1490. The minimum absolute atomic E-state index is 0.0856. The van der Waals surface area contributed by atoms with Crippen LogP contribution in [0, 0.1) is 11.3 Å². The lowest BCUT2D eigenvalue weighted by molar-refractivity contribution is -0.124. The molecule has 2 atom stereocenters. The molecule has 0 radical (unpaired) electrons. The van der Waals surface area contributed by atoms with Gasteiger partial charge >= 0.3 is 12.0 Å². The van der Waals surface area contributed by atoms with E-state index in [2.05, 4.69) is 16.0 Å². The van der Waals surface area contributed by atoms with E-state index in [4.69, 9.17) is 27.9 Å². The van der Waals surface area contributed by atoms with Gasteiger partial charge in [-0.1, -0.05) is 35.3 Å². The molecule has 2 fully saturated rings. The topological polar surface area (TPSA) is 120 Å². The van der Waals surface area contributed by atoms with E-state index in [0.29, 0.717) is 5.56 Å². The summed E-state index contributed by atoms with van der Waals surface area (Å²) in [5.74, 6) is -1.20. The number of nitriles is 1. The van der Waals surface area contributed by atoms with E-state index in [0.717, 1.165) is 10.5 Å². The summed E-state index contributed by atoms with van der Waals surface area (Å²) in [6.45, 7) is 2.30. The molecule has 2 saturated heterocycles. The van der Waals surface area contributed by atoms with Crippen molar-refractivity contribution < 1.29 is 19.1 Å². The van der Waals surface area contributed by atoms with Crippen molar-refractivity contribution in [1.29, 1.82) is 5.26 Å². The van der Waals surface area contributed by atoms with Gasteiger partial charge in [0, 0.05) is 41.9 Å². The Labute approximate surface area is 234 Å². The maximum Gasteiger partial charge on any atom is 0.341 e. The predicted molar refractivity (Wildman–Crippen MR) is 144 cm³/mol. The normalized spacial score (nSPS) is 20.6. The van der Waals surface area contributed by atoms with Crippen molar-refractivity contribution in [2.24, 2.45) is 0 Å². The first-order valence-electron chi connectivity index (χ1n) is 12.0. The molecule has 10 nitrogen and oxygen atoms in total. The van der Waals surface area contributed by atoms with Crippen LogP contribution < -0.4 is 9.80 Å². The number of rotatable bonds is 5. The molecule has 198 valence electrons. The maximum atomic E-state index is 14.3. The van der Waals surface area contributed by atoms with Gasteiger partial charge in [-0.05, 0) is 42.8 Å². The van der Waals surface area contributed by atoms with Crippen LogP contribution in [0.25, 0.3) is 0 Å². The number of ether oxygens (including phenoxy) is 1. The Balaban J connectivity index is 1.58. The monoisotopic (exact) mass is 564 g/mol. The smallest absolute Gasteiger partial charge is 0.341 e. The molecule has 5 rings (SSSR count). The molecule has 39 heavy (non-hydrogen) atoms. The summed E-state index contributed by atoms with van der Waals surface area (Å²) in [6, 6.07) is 13.0. The van der Waals surface area contributed by atoms with E-state index in [-0.39, 0.29) is 46.9 Å². The molecule has 3 heterocycles. The molecule has 2 aliphatic heterocycles. The van der Waals surface area contributed by atoms with E-state index >= 15 is 0 Å². The number of urea groups is 1. The molecule has 3 aromatic rings. The molecule has 1 spiro atoms. The number of anilines is 2. The van der Waals surface area contributed by atoms with Crippen molar-refractivity contribution in [3.8, 4) is 6.07 Å². The van der Waals surface area contributed by atoms with Crippen LogP contribution in [0.1, 0.15) is 34.3 Å². The van der Waals surface area contributed by atoms with Crippen LogP contribution in [0.3, 0.4) is 0 Å². The van der Waals surface area contributed by atoms with Crippen molar-refractivity contribution in [2.45, 2.75) is 18.4 Å². The maximum absolute atomic E-state index is 14.3. The lowest BCUT2D eigenvalue weighted by Crippen LogP contribution is -2.53. The second-order valence-electron chi connectivity index (χ2n) is 9.19. The summed E-state index contributed by atoms with van der Waals surface area (Å²) < 4.78 is 5.01. The molecule has 1 aromatic heterocycles. The summed E-state index contributed by atoms with van der Waals surface area (Å²) in [5.41, 5.74) is 0.365. The number of likely N-dealkylation sites (N-methyl/N-ethyl adjacent to an activating group) is 1. The van der Waals surface area contributed by atoms with Crippen LogP contribution >= 0.6 is 23.2 Å². The van der Waals surface area contributed by atoms with E-state index in [9.17, 15) is 19.6 Å². The first-order chi connectivity index (χ1) is 18.7. The molecule has 12 heteroatoms. The van der Waals surface area contributed by atoms with Crippen LogP contribution in [0.4, 0.5) is 16.4 Å². The van der Waals surface area contributed by atoms with E-state index in [1.54, 1.807) is 43.1 Å². The summed E-state index contributed by atoms with van der Waals surface area (Å²) >= 11 is 12.4. The van der Waals surface area contributed by atoms with Gasteiger partial charge in [-0.15, -0.1) is 0 Å². The van der Waals surface area contributed by atoms with Crippen molar-refractivity contribution in [3.05, 3.63) is 81.6 Å². The number of carbonyl (C=O) groups excluding carboxylic acids is 3. The number of imide groups is 1. The fourth-order valence-electron chi connectivity index (χ4n) is 5.16. The summed E-state index contributed by atoms with van der Waals surface area (Å²) in [7, 11) is 1.58. The lowest BCUT2D eigenvalue weighted by atomic mass is 9.80. The highest BCUT2D eigenvalue weighted by molar-refractivity contribution is 6.35. The molecule has 2 aromatic carbocycles. The Hall–Kier alpha value is -4.20. The van der Waals surface area contributed by atoms with Crippen molar-refractivity contribution >= 4 is 52.7 Å². The van der Waals surface area contributed by atoms with Gasteiger partial charge in [0.15, 0.2) is 0 Å². The molecule has 0 saturated carbocycles. The quantitative estimate of drug-likeness (QED) is 0.332. The summed E-state index contributed by atoms with van der Waals surface area (Å²) in [5, 5.41) is 9.84. The van der Waals surface area contributed by atoms with Crippen LogP contribution in [-0.4, -0.2) is 65.1 Å². The summed E-state index contributed by atoms with van der Waals surface area (Å²) in [4.78, 5) is 52.9. The second-order valence-corrected chi connectivity index (χ2v) is 10.1. The number of nitrogens with zero attached hydrogens (tertiary/aromatic N) is 6. The van der Waals surface area contributed by atoms with Crippen LogP contribution in [-0.2, 0) is 9.53 Å². The van der Waals surface area contributed by atoms with Crippen LogP contribution in [0.5, 0.6) is 0 Å². The standard InChI is InChI=1S/C27H22Cl2N6O4/c1-3-39-23(36)18-12-31-25(32-13-18)34-14-22(17-6-4-16(11-30)5-7-17)27(15-34)24(37)35(26(38)33(27)2)21-9-19(28)8-20(29)10-21/h4-10,12-13,22H,3,14-15H2,1-2H3/t22-,27+/m0/s1. The Kier molecular flexibility index (Phi) is 6.89. The molecule has 0 N–H and O–H groups in total. The molecular weight excluding hydrogens is 543 g/mol. The average Bonchev–Trinajstić information content (AvgIpc) is 3.41. The van der Waals surface area contributed by atoms with E-state index in [1.165, 1.54) is 35.5 Å². The molecule has 0 bridgehead atoms. The van der Waals surface area contributed by atoms with Gasteiger partial charge in [-0.3, -0.25) is 4.79 Å². The highest BCUT2D eigenvalue weighted by Gasteiger charge is 2.64. The van der Waals surface area contributed by atoms with Gasteiger partial charge < -0.3 is 14.5 Å². The fraction of sp³-hybridized carbons (Fsp3) is 0.259. The summed E-state index contributed by atoms with van der Waals surface area (Å²) in [6.07, 6.45) is 2.74. The number of hydrogen-bond acceptors (Lipinski definition) is 8. The minimum atomic E-state index is -1.33. The van der Waals surface area contributed by atoms with E-state index < -0.39 is 29.4 Å². The molecule has 0 aliphatic carbocycles. The third-order valence-electron chi connectivity index (χ3n) is 7.04. The Morgan fingerprint density at radius 1 is 1.13 bits per heavy atom. The third-order valence-corrected chi connectivity index (χ3v) is 7.48. The highest BCUT2D eigenvalue weighted by atomic mass is 35.5. The van der Waals surface area contributed by atoms with Gasteiger partial charge in [0.05, 0.1) is 36.0 Å². The second kappa shape index (κ2) is 10.2. The molecule has 2 aliphatic rings. The van der Waals surface area contributed by atoms with Crippen molar-refractivity contribution in [2.75, 3.05) is 36.5 Å². The number of hydrogen-bond donors (Lipinski definition) is 0. The van der Waals surface area contributed by atoms with Gasteiger partial charge in [-0.2, -0.15) is 5.26 Å². The van der Waals surface area contributed by atoms with Crippen molar-refractivity contribution in [3.63, 3.8) is 0 Å². The SMILES string of the molecule is CCOC(=O)c1cnc(N2C[C@@H](c3ccc(C#N)cc3)[C@]3(C2)C(=O)N(c2cc(Cl)cc(Cl)c2)C(=O)N3C)nc1. The van der Waals surface area contributed by atoms with Gasteiger partial charge in [0.25, 0.3) is 5.91 Å². The molecule has 3 amide bonds. The van der Waals surface area contributed by atoms with Crippen molar-refractivity contribution in [1.82, 2.24) is 14.9 Å². The third kappa shape index (κ3) is 4.43. The number of benzene rings is 2. The zero-order chi connectivity index (χ0) is 27.9. The number of halogens is 2. The Morgan fingerprint density at radius 2 is 1.77 bits per heavy atom. The molecule has 0 unspecified atom stereocenters. The number of amides is 3. The first kappa shape index (κ1) is 26.4. The zero-order valence-electron chi connectivity index (χ0n) is 21.0. The predicted octanol–water partition coefficient (Wildman–Crippen LogP) is 4.27. The van der Waals surface area contributed by atoms with Crippen LogP contribution in [0.2, 0.25) is 10.0 Å². The fourth-order valence-corrected chi connectivity index (χ4v) is 5.68. The highest BCUT2D eigenvalue weighted by Crippen LogP contribution is 2.47. The zero-order valence-corrected chi connectivity index (χ0v) is 22.5. The molecular formula is C27H22Cl2N6O4. The van der Waals surface area contributed by atoms with Gasteiger partial charge in [0.2, 0.25) is 5.95 Å². The number of carbonyl (C=O) groups is 3. The number of esters is 1. The van der Waals surface area contributed by atoms with Gasteiger partial charge in [0.1, 0.15) is 5.54 Å². The van der Waals surface area contributed by atoms with Crippen LogP contribution in [0.15, 0.2) is 54.9 Å². The average molecular weight is 565 g/mol. The minimum Gasteiger partial charge on any atom is -0.462 e.